The van der Waals surface area contributed by atoms with E-state index in [1.54, 1.807) is 0 Å². The van der Waals surface area contributed by atoms with Gasteiger partial charge in [-0.3, -0.25) is 9.03 Å². The highest BCUT2D eigenvalue weighted by molar-refractivity contribution is 6.08. The molecule has 0 bridgehead atoms. The van der Waals surface area contributed by atoms with Gasteiger partial charge in [0.05, 0.1) is 0 Å². The number of nitrogens with zero attached hydrogens (tertiary/aromatic N) is 2. The van der Waals surface area contributed by atoms with Gasteiger partial charge in [0.25, 0.3) is 5.56 Å². The quantitative estimate of drug-likeness (QED) is 0.438. The van der Waals surface area contributed by atoms with Gasteiger partial charge in [-0.05, 0) is 0 Å². The van der Waals surface area contributed by atoms with Gasteiger partial charge in [0.15, 0.2) is 0 Å². The van der Waals surface area contributed by atoms with Crippen LogP contribution in [-0.2, 0) is 0 Å². The third-order valence-corrected chi connectivity index (χ3v) is 1.76. The fraction of sp³-hybridized carbons (Fsp3) is 0. The van der Waals surface area contributed by atoms with E-state index >= 15 is 0 Å². The minimum absolute atomic E-state index is 0.475. The number of hydrogen-bond acceptors (Lipinski definition) is 2. The lowest BCUT2D eigenvalue weighted by atomic mass is 10.6. The highest BCUT2D eigenvalue weighted by Crippen LogP contribution is 1.79. The molecule has 0 amide bonds. The fourth-order valence-electron chi connectivity index (χ4n) is 0.525. The third-order valence-electron chi connectivity index (χ3n) is 1.05. The Labute approximate surface area is 67.3 Å². The van der Waals surface area contributed by atoms with Gasteiger partial charge in [-0.25, -0.2) is 4.79 Å². The Hall–Kier alpha value is -0.956. The maximum absolute atomic E-state index is 12.5. The van der Waals surface area contributed by atoms with Crippen LogP contribution >= 0.6 is 0 Å². The zero-order chi connectivity index (χ0) is 8.59. The summed E-state index contributed by atoms with van der Waals surface area (Å²) in [5, 5.41) is 0. The minimum Gasteiger partial charge on any atom is -0.328 e. The van der Waals surface area contributed by atoms with Crippen molar-refractivity contribution in [1.82, 2.24) is 8.47 Å². The SMILES string of the molecule is O=c1c(F)cn([Si])c(=O)n1[Si]. The molecular formula is C4HFN2O2Si2. The van der Waals surface area contributed by atoms with Gasteiger partial charge in [-0.15, -0.1) is 0 Å². The van der Waals surface area contributed by atoms with Gasteiger partial charge in [0.1, 0.15) is 0 Å². The maximum atomic E-state index is 12.5. The molecule has 11 heavy (non-hydrogen) atoms. The van der Waals surface area contributed by atoms with E-state index in [1.807, 2.05) is 0 Å². The van der Waals surface area contributed by atoms with Crippen molar-refractivity contribution in [2.75, 3.05) is 0 Å². The van der Waals surface area contributed by atoms with Crippen LogP contribution in [0.4, 0.5) is 4.39 Å². The summed E-state index contributed by atoms with van der Waals surface area (Å²) in [7, 11) is 5.39. The topological polar surface area (TPSA) is 44.0 Å². The lowest BCUT2D eigenvalue weighted by molar-refractivity contribution is 0.586. The van der Waals surface area contributed by atoms with E-state index < -0.39 is 17.1 Å². The Kier molecular flexibility index (Phi) is 1.91. The third kappa shape index (κ3) is 1.24. The molecule has 0 aliphatic carbocycles. The van der Waals surface area contributed by atoms with Gasteiger partial charge >= 0.3 is 5.69 Å². The highest BCUT2D eigenvalue weighted by atomic mass is 28.2. The Balaban J connectivity index is 3.74. The molecule has 0 aliphatic heterocycles. The number of halogens is 1. The van der Waals surface area contributed by atoms with Crippen LogP contribution in [0.3, 0.4) is 0 Å². The molecule has 1 heterocycles. The number of rotatable bonds is 0. The smallest absolute Gasteiger partial charge is 0.314 e. The molecule has 1 rings (SSSR count). The second-order valence-corrected chi connectivity index (χ2v) is 2.70. The summed E-state index contributed by atoms with van der Waals surface area (Å²) in [6.45, 7) is 0. The van der Waals surface area contributed by atoms with Gasteiger partial charge in [-0.1, -0.05) is 0 Å². The largest absolute Gasteiger partial charge is 0.328 e. The van der Waals surface area contributed by atoms with E-state index in [0.717, 1.165) is 10.4 Å². The van der Waals surface area contributed by atoms with Crippen LogP contribution in [0.5, 0.6) is 0 Å². The maximum Gasteiger partial charge on any atom is 0.314 e. The summed E-state index contributed by atoms with van der Waals surface area (Å²) in [5.41, 5.74) is -1.72. The van der Waals surface area contributed by atoms with Crippen LogP contribution in [-0.4, -0.2) is 29.3 Å². The summed E-state index contributed by atoms with van der Waals surface area (Å²) in [6.07, 6.45) is 0.748. The summed E-state index contributed by atoms with van der Waals surface area (Å²) in [6, 6.07) is 0. The van der Waals surface area contributed by atoms with Crippen molar-refractivity contribution < 1.29 is 4.39 Å². The fourth-order valence-corrected chi connectivity index (χ4v) is 1.05. The predicted molar refractivity (Wildman–Crippen MR) is 37.2 cm³/mol. The van der Waals surface area contributed by atoms with Crippen molar-refractivity contribution in [3.63, 3.8) is 0 Å². The first kappa shape index (κ1) is 8.14. The summed E-state index contributed by atoms with van der Waals surface area (Å²) in [5.74, 6) is -1.02. The second-order valence-electron chi connectivity index (χ2n) is 1.77. The second kappa shape index (κ2) is 2.59. The molecule has 0 unspecified atom stereocenters. The zero-order valence-corrected chi connectivity index (χ0v) is 7.17. The Morgan fingerprint density at radius 1 is 1.36 bits per heavy atom. The molecule has 54 valence electrons. The monoisotopic (exact) mass is 184 g/mol. The molecule has 1 aromatic rings. The lowest BCUT2D eigenvalue weighted by Gasteiger charge is -1.99. The van der Waals surface area contributed by atoms with E-state index in [2.05, 4.69) is 20.8 Å². The van der Waals surface area contributed by atoms with Crippen LogP contribution in [0.2, 0.25) is 0 Å². The normalized spacial score (nSPS) is 10.1. The van der Waals surface area contributed by atoms with Gasteiger partial charge in [-0.2, -0.15) is 4.39 Å². The standard InChI is InChI=1S/C4HFN2O2Si2/c5-2-1-6(10)4(9)7(11)3(2)8/h1H. The predicted octanol–water partition coefficient (Wildman–Crippen LogP) is -1.99. The van der Waals surface area contributed by atoms with E-state index in [0.29, 0.717) is 4.23 Å². The average Bonchev–Trinajstić information content (AvgIpc) is 1.97. The molecule has 0 saturated carbocycles. The van der Waals surface area contributed by atoms with Crippen molar-refractivity contribution >= 4 is 20.8 Å². The Bertz CT molecular complexity index is 362. The van der Waals surface area contributed by atoms with E-state index in [1.165, 1.54) is 0 Å². The highest BCUT2D eigenvalue weighted by Gasteiger charge is 2.03. The van der Waals surface area contributed by atoms with Crippen molar-refractivity contribution in [2.24, 2.45) is 0 Å². The zero-order valence-electron chi connectivity index (χ0n) is 5.17. The van der Waals surface area contributed by atoms with Crippen LogP contribution < -0.4 is 11.2 Å². The van der Waals surface area contributed by atoms with E-state index in [-0.39, 0.29) is 0 Å². The van der Waals surface area contributed by atoms with Gasteiger partial charge < -0.3 is 4.23 Å². The summed E-state index contributed by atoms with van der Waals surface area (Å²) < 4.78 is 13.7. The van der Waals surface area contributed by atoms with Crippen molar-refractivity contribution in [3.8, 4) is 0 Å². The van der Waals surface area contributed by atoms with Crippen LogP contribution in [0.1, 0.15) is 0 Å². The minimum atomic E-state index is -1.02. The Morgan fingerprint density at radius 3 is 2.45 bits per heavy atom. The van der Waals surface area contributed by atoms with Crippen molar-refractivity contribution in [1.29, 1.82) is 0 Å². The first-order valence-corrected chi connectivity index (χ1v) is 3.41. The molecule has 0 aromatic carbocycles. The van der Waals surface area contributed by atoms with Crippen molar-refractivity contribution in [3.05, 3.63) is 32.9 Å². The molecule has 1 aromatic heterocycles. The van der Waals surface area contributed by atoms with Crippen LogP contribution in [0.25, 0.3) is 0 Å². The Morgan fingerprint density at radius 2 is 1.91 bits per heavy atom. The number of aromatic nitrogens is 2. The molecular weight excluding hydrogens is 183 g/mol. The van der Waals surface area contributed by atoms with Crippen LogP contribution in [0, 0.1) is 5.82 Å². The number of hydrogen-bond donors (Lipinski definition) is 0. The molecule has 0 atom stereocenters. The molecule has 6 radical (unpaired) electrons. The van der Waals surface area contributed by atoms with Crippen molar-refractivity contribution in [2.45, 2.75) is 0 Å². The average molecular weight is 184 g/mol. The van der Waals surface area contributed by atoms with Gasteiger partial charge in [0, 0.05) is 6.20 Å². The summed E-state index contributed by atoms with van der Waals surface area (Å²) in [4.78, 5) is 21.4. The molecule has 0 aliphatic rings. The lowest BCUT2D eigenvalue weighted by Crippen LogP contribution is -2.39. The molecule has 0 N–H and O–H groups in total. The molecule has 4 nitrogen and oxygen atoms in total. The summed E-state index contributed by atoms with van der Waals surface area (Å²) >= 11 is 0. The van der Waals surface area contributed by atoms with Crippen LogP contribution in [0.15, 0.2) is 15.8 Å². The van der Waals surface area contributed by atoms with E-state index in [9.17, 15) is 14.0 Å². The van der Waals surface area contributed by atoms with Gasteiger partial charge in [0.2, 0.25) is 26.6 Å². The van der Waals surface area contributed by atoms with E-state index in [4.69, 9.17) is 0 Å². The molecule has 7 heteroatoms. The first-order valence-electron chi connectivity index (χ1n) is 2.51. The molecule has 0 spiro atoms. The molecule has 0 fully saturated rings. The first-order chi connectivity index (χ1) is 5.04. The molecule has 0 saturated heterocycles.